The molecule has 2 N–H and O–H groups in total. The molecule has 7 heteroatoms. The van der Waals surface area contributed by atoms with Gasteiger partial charge in [0.1, 0.15) is 5.56 Å². The van der Waals surface area contributed by atoms with Crippen LogP contribution in [0.15, 0.2) is 6.20 Å². The zero-order chi connectivity index (χ0) is 16.3. The standard InChI is InChI=1S/C11H17N3O3.C2H6.CHN/c1-2-17-11(15)9-6-14(13-10(9)12)8-4-3-5-16-7-8;2*1-2/h6,8H,2-5,7H2,1H3,(H2,12,13);1-2H3;1H. The number of aromatic nitrogens is 2. The van der Waals surface area contributed by atoms with E-state index in [0.29, 0.717) is 18.8 Å². The minimum Gasteiger partial charge on any atom is -0.462 e. The summed E-state index contributed by atoms with van der Waals surface area (Å²) in [5.74, 6) is -0.206. The Morgan fingerprint density at radius 2 is 2.29 bits per heavy atom. The van der Waals surface area contributed by atoms with E-state index in [4.69, 9.17) is 20.5 Å². The van der Waals surface area contributed by atoms with Crippen molar-refractivity contribution in [1.29, 1.82) is 5.26 Å². The van der Waals surface area contributed by atoms with Crippen LogP contribution >= 0.6 is 0 Å². The highest BCUT2D eigenvalue weighted by molar-refractivity contribution is 5.93. The van der Waals surface area contributed by atoms with Gasteiger partial charge in [-0.3, -0.25) is 4.68 Å². The number of ether oxygens (including phenoxy) is 2. The number of nitrogens with zero attached hydrogens (tertiary/aromatic N) is 3. The van der Waals surface area contributed by atoms with Crippen LogP contribution in [0.3, 0.4) is 0 Å². The van der Waals surface area contributed by atoms with Gasteiger partial charge in [-0.2, -0.15) is 5.10 Å². The van der Waals surface area contributed by atoms with Gasteiger partial charge in [-0.1, -0.05) is 13.8 Å². The van der Waals surface area contributed by atoms with Crippen LogP contribution in [0.2, 0.25) is 0 Å². The summed E-state index contributed by atoms with van der Waals surface area (Å²) in [4.78, 5) is 11.6. The van der Waals surface area contributed by atoms with Gasteiger partial charge in [0, 0.05) is 19.4 Å². The fourth-order valence-corrected chi connectivity index (χ4v) is 1.89. The molecule has 0 bridgehead atoms. The molecule has 2 rings (SSSR count). The number of carbonyl (C=O) groups is 1. The molecule has 1 aliphatic rings. The second kappa shape index (κ2) is 10.7. The van der Waals surface area contributed by atoms with Crippen molar-refractivity contribution < 1.29 is 14.3 Å². The van der Waals surface area contributed by atoms with Crippen LogP contribution in [-0.2, 0) is 9.47 Å². The van der Waals surface area contributed by atoms with Gasteiger partial charge < -0.3 is 15.2 Å². The zero-order valence-corrected chi connectivity index (χ0v) is 12.9. The van der Waals surface area contributed by atoms with Crippen LogP contribution in [0.1, 0.15) is 50.0 Å². The number of nitrogen functional groups attached to an aromatic ring is 1. The Morgan fingerprint density at radius 3 is 2.81 bits per heavy atom. The predicted molar refractivity (Wildman–Crippen MR) is 79.7 cm³/mol. The number of anilines is 1. The summed E-state index contributed by atoms with van der Waals surface area (Å²) >= 11 is 0. The monoisotopic (exact) mass is 296 g/mol. The molecule has 1 aliphatic heterocycles. The van der Waals surface area contributed by atoms with E-state index in [0.717, 1.165) is 19.4 Å². The number of hydrogen-bond donors (Lipinski definition) is 1. The maximum absolute atomic E-state index is 11.6. The largest absolute Gasteiger partial charge is 0.462 e. The van der Waals surface area contributed by atoms with Crippen molar-refractivity contribution in [2.24, 2.45) is 0 Å². The van der Waals surface area contributed by atoms with Gasteiger partial charge in [-0.05, 0) is 19.8 Å². The van der Waals surface area contributed by atoms with Crippen molar-refractivity contribution in [1.82, 2.24) is 9.78 Å². The van der Waals surface area contributed by atoms with E-state index in [-0.39, 0.29) is 11.9 Å². The van der Waals surface area contributed by atoms with Crippen LogP contribution in [0.25, 0.3) is 0 Å². The molecule has 1 saturated heterocycles. The lowest BCUT2D eigenvalue weighted by atomic mass is 10.1. The third kappa shape index (κ3) is 5.44. The third-order valence-electron chi connectivity index (χ3n) is 2.77. The Labute approximate surface area is 125 Å². The molecule has 0 radical (unpaired) electrons. The van der Waals surface area contributed by atoms with Crippen molar-refractivity contribution in [3.8, 4) is 6.57 Å². The Balaban J connectivity index is 0.000000921. The first-order valence-electron chi connectivity index (χ1n) is 7.07. The lowest BCUT2D eigenvalue weighted by Crippen LogP contribution is -2.21. The molecule has 0 amide bonds. The van der Waals surface area contributed by atoms with Gasteiger partial charge in [-0.25, -0.2) is 10.1 Å². The lowest BCUT2D eigenvalue weighted by molar-refractivity contribution is 0.0516. The lowest BCUT2D eigenvalue weighted by Gasteiger charge is -2.22. The average Bonchev–Trinajstić information content (AvgIpc) is 2.94. The van der Waals surface area contributed by atoms with Crippen molar-refractivity contribution in [2.45, 2.75) is 39.7 Å². The molecule has 1 atom stereocenters. The van der Waals surface area contributed by atoms with Crippen molar-refractivity contribution in [2.75, 3.05) is 25.6 Å². The van der Waals surface area contributed by atoms with Crippen molar-refractivity contribution in [3.05, 3.63) is 11.8 Å². The summed E-state index contributed by atoms with van der Waals surface area (Å²) in [5, 5.41) is 10.7. The second-order valence-corrected chi connectivity index (χ2v) is 4.00. The minimum absolute atomic E-state index is 0.161. The summed E-state index contributed by atoms with van der Waals surface area (Å²) in [6, 6.07) is 0.161. The first-order valence-corrected chi connectivity index (χ1v) is 7.07. The normalized spacial score (nSPS) is 16.7. The van der Waals surface area contributed by atoms with E-state index in [1.165, 1.54) is 0 Å². The molecular weight excluding hydrogens is 272 g/mol. The van der Waals surface area contributed by atoms with Crippen LogP contribution in [0.5, 0.6) is 0 Å². The topological polar surface area (TPSA) is 103 Å². The summed E-state index contributed by atoms with van der Waals surface area (Å²) < 4.78 is 12.0. The number of nitrogens with two attached hydrogens (primary N) is 1. The molecule has 21 heavy (non-hydrogen) atoms. The van der Waals surface area contributed by atoms with E-state index in [2.05, 4.69) is 11.7 Å². The van der Waals surface area contributed by atoms with Crippen molar-refractivity contribution >= 4 is 11.8 Å². The van der Waals surface area contributed by atoms with Gasteiger partial charge in [0.25, 0.3) is 0 Å². The SMILES string of the molecule is C#N.CC.CCOC(=O)c1cn(C2CCCOC2)nc1N. The first kappa shape index (κ1) is 18.9. The predicted octanol–water partition coefficient (Wildman–Crippen LogP) is 2.16. The van der Waals surface area contributed by atoms with Crippen LogP contribution in [0, 0.1) is 11.8 Å². The number of carbonyl (C=O) groups excluding carboxylic acids is 1. The fourth-order valence-electron chi connectivity index (χ4n) is 1.89. The average molecular weight is 296 g/mol. The Morgan fingerprint density at radius 1 is 1.62 bits per heavy atom. The van der Waals surface area contributed by atoms with E-state index < -0.39 is 5.97 Å². The van der Waals surface area contributed by atoms with Crippen LogP contribution in [-0.4, -0.2) is 35.6 Å². The maximum atomic E-state index is 11.6. The van der Waals surface area contributed by atoms with E-state index in [9.17, 15) is 4.79 Å². The maximum Gasteiger partial charge on any atom is 0.343 e. The summed E-state index contributed by atoms with van der Waals surface area (Å²) in [6.45, 7) is 11.0. The van der Waals surface area contributed by atoms with Crippen LogP contribution in [0.4, 0.5) is 5.82 Å². The van der Waals surface area contributed by atoms with Gasteiger partial charge in [-0.15, -0.1) is 0 Å². The number of esters is 1. The molecule has 1 aromatic heterocycles. The molecule has 1 aromatic rings. The Kier molecular flexibility index (Phi) is 9.63. The summed E-state index contributed by atoms with van der Waals surface area (Å²) in [7, 11) is 0. The molecular formula is C14H24N4O3. The van der Waals surface area contributed by atoms with Crippen molar-refractivity contribution in [3.63, 3.8) is 0 Å². The van der Waals surface area contributed by atoms with Gasteiger partial charge in [0.05, 0.1) is 19.3 Å². The summed E-state index contributed by atoms with van der Waals surface area (Å²) in [6.07, 6.45) is 3.63. The Hall–Kier alpha value is -2.07. The Bertz CT molecular complexity index is 437. The van der Waals surface area contributed by atoms with Gasteiger partial charge in [0.2, 0.25) is 0 Å². The summed E-state index contributed by atoms with van der Waals surface area (Å²) in [5.41, 5.74) is 6.04. The molecule has 118 valence electrons. The molecule has 1 fully saturated rings. The molecule has 0 aliphatic carbocycles. The highest BCUT2D eigenvalue weighted by atomic mass is 16.5. The van der Waals surface area contributed by atoms with Crippen LogP contribution < -0.4 is 5.73 Å². The zero-order valence-electron chi connectivity index (χ0n) is 12.9. The molecule has 2 heterocycles. The highest BCUT2D eigenvalue weighted by Crippen LogP contribution is 2.21. The van der Waals surface area contributed by atoms with Gasteiger partial charge >= 0.3 is 5.97 Å². The number of rotatable bonds is 3. The molecule has 0 spiro atoms. The minimum atomic E-state index is -0.423. The second-order valence-electron chi connectivity index (χ2n) is 4.00. The first-order chi connectivity index (χ1) is 10.2. The number of nitriles is 1. The molecule has 7 nitrogen and oxygen atoms in total. The van der Waals surface area contributed by atoms with E-state index in [1.54, 1.807) is 17.8 Å². The molecule has 0 saturated carbocycles. The smallest absolute Gasteiger partial charge is 0.343 e. The fraction of sp³-hybridized carbons (Fsp3) is 0.643. The van der Waals surface area contributed by atoms with E-state index in [1.807, 2.05) is 13.8 Å². The van der Waals surface area contributed by atoms with Gasteiger partial charge in [0.15, 0.2) is 5.82 Å². The molecule has 1 unspecified atom stereocenters. The third-order valence-corrected chi connectivity index (χ3v) is 2.77. The molecule has 0 aromatic carbocycles. The highest BCUT2D eigenvalue weighted by Gasteiger charge is 2.21. The quantitative estimate of drug-likeness (QED) is 0.857. The van der Waals surface area contributed by atoms with E-state index >= 15 is 0 Å². The number of hydrogen-bond acceptors (Lipinski definition) is 6.